The zero-order valence-corrected chi connectivity index (χ0v) is 11.4. The topological polar surface area (TPSA) is 61.4 Å². The Morgan fingerprint density at radius 1 is 1.30 bits per heavy atom. The Morgan fingerprint density at radius 2 is 2.05 bits per heavy atom. The van der Waals surface area contributed by atoms with Crippen molar-refractivity contribution in [3.8, 4) is 0 Å². The third kappa shape index (κ3) is 3.93. The first-order valence-electron chi connectivity index (χ1n) is 7.11. The van der Waals surface area contributed by atoms with Gasteiger partial charge < -0.3 is 15.7 Å². The molecule has 0 bridgehead atoms. The van der Waals surface area contributed by atoms with Gasteiger partial charge in [0.05, 0.1) is 0 Å². The summed E-state index contributed by atoms with van der Waals surface area (Å²) in [6, 6.07) is 6.41. The Bertz CT molecular complexity index is 436. The summed E-state index contributed by atoms with van der Waals surface area (Å²) in [4.78, 5) is 11.7. The number of hydrogen-bond donors (Lipinski definition) is 3. The number of halogens is 1. The van der Waals surface area contributed by atoms with Gasteiger partial charge in [-0.25, -0.2) is 9.18 Å². The molecule has 0 aromatic heterocycles. The van der Waals surface area contributed by atoms with Crippen molar-refractivity contribution >= 4 is 6.03 Å². The Kier molecular flexibility index (Phi) is 5.35. The molecule has 0 radical (unpaired) electrons. The summed E-state index contributed by atoms with van der Waals surface area (Å²) in [6.45, 7) is 0.540. The van der Waals surface area contributed by atoms with Crippen LogP contribution in [0.1, 0.15) is 37.2 Å². The van der Waals surface area contributed by atoms with Gasteiger partial charge in [0.1, 0.15) is 5.82 Å². The molecule has 3 N–H and O–H groups in total. The third-order valence-electron chi connectivity index (χ3n) is 3.75. The molecule has 20 heavy (non-hydrogen) atoms. The normalized spacial score (nSPS) is 21.7. The van der Waals surface area contributed by atoms with Crippen molar-refractivity contribution in [1.29, 1.82) is 0 Å². The van der Waals surface area contributed by atoms with Crippen LogP contribution < -0.4 is 10.6 Å². The second-order valence-corrected chi connectivity index (χ2v) is 5.17. The number of nitrogens with one attached hydrogen (secondary N) is 2. The van der Waals surface area contributed by atoms with Gasteiger partial charge in [-0.05, 0) is 37.0 Å². The van der Waals surface area contributed by atoms with Crippen LogP contribution in [0.25, 0.3) is 0 Å². The van der Waals surface area contributed by atoms with Crippen molar-refractivity contribution in [3.05, 3.63) is 35.6 Å². The summed E-state index contributed by atoms with van der Waals surface area (Å²) < 4.78 is 13.0. The highest BCUT2D eigenvalue weighted by atomic mass is 19.1. The predicted molar refractivity (Wildman–Crippen MR) is 75.0 cm³/mol. The highest BCUT2D eigenvalue weighted by molar-refractivity contribution is 5.74. The van der Waals surface area contributed by atoms with E-state index >= 15 is 0 Å². The predicted octanol–water partition coefficient (Wildman–Crippen LogP) is 2.14. The van der Waals surface area contributed by atoms with E-state index in [1.807, 2.05) is 0 Å². The maximum Gasteiger partial charge on any atom is 0.315 e. The van der Waals surface area contributed by atoms with Gasteiger partial charge in [-0.15, -0.1) is 0 Å². The second-order valence-electron chi connectivity index (χ2n) is 5.17. The molecule has 0 aliphatic heterocycles. The fourth-order valence-corrected chi connectivity index (χ4v) is 2.74. The van der Waals surface area contributed by atoms with Crippen LogP contribution in [0, 0.1) is 5.82 Å². The number of rotatable bonds is 5. The zero-order valence-electron chi connectivity index (χ0n) is 11.4. The van der Waals surface area contributed by atoms with Gasteiger partial charge in [0.15, 0.2) is 0 Å². The van der Waals surface area contributed by atoms with E-state index in [1.54, 1.807) is 12.1 Å². The van der Waals surface area contributed by atoms with Crippen LogP contribution in [0.3, 0.4) is 0 Å². The van der Waals surface area contributed by atoms with E-state index in [0.29, 0.717) is 13.0 Å². The lowest BCUT2D eigenvalue weighted by molar-refractivity contribution is 0.233. The van der Waals surface area contributed by atoms with Gasteiger partial charge in [-0.3, -0.25) is 0 Å². The van der Waals surface area contributed by atoms with Gasteiger partial charge >= 0.3 is 6.03 Å². The van der Waals surface area contributed by atoms with Crippen LogP contribution in [-0.4, -0.2) is 30.3 Å². The highest BCUT2D eigenvalue weighted by Crippen LogP contribution is 2.34. The molecular weight excluding hydrogens is 259 g/mol. The molecule has 2 atom stereocenters. The number of hydrogen-bond acceptors (Lipinski definition) is 2. The molecule has 1 fully saturated rings. The zero-order chi connectivity index (χ0) is 14.4. The van der Waals surface area contributed by atoms with Crippen molar-refractivity contribution in [3.63, 3.8) is 0 Å². The Balaban J connectivity index is 1.90. The van der Waals surface area contributed by atoms with Crippen LogP contribution >= 0.6 is 0 Å². The maximum absolute atomic E-state index is 13.0. The monoisotopic (exact) mass is 280 g/mol. The van der Waals surface area contributed by atoms with Gasteiger partial charge in [-0.2, -0.15) is 0 Å². The molecule has 1 aliphatic carbocycles. The highest BCUT2D eigenvalue weighted by Gasteiger charge is 2.29. The van der Waals surface area contributed by atoms with Gasteiger partial charge in [-0.1, -0.05) is 18.6 Å². The molecule has 110 valence electrons. The first kappa shape index (κ1) is 14.8. The van der Waals surface area contributed by atoms with Crippen LogP contribution in [0.5, 0.6) is 0 Å². The van der Waals surface area contributed by atoms with Crippen molar-refractivity contribution in [2.45, 2.75) is 37.6 Å². The average molecular weight is 280 g/mol. The number of urea groups is 1. The lowest BCUT2D eigenvalue weighted by Gasteiger charge is -2.21. The van der Waals surface area contributed by atoms with Gasteiger partial charge in [0.2, 0.25) is 0 Å². The molecule has 2 rings (SSSR count). The molecule has 0 heterocycles. The number of aliphatic hydroxyl groups excluding tert-OH is 1. The molecule has 1 saturated carbocycles. The van der Waals surface area contributed by atoms with Crippen molar-refractivity contribution in [2.24, 2.45) is 0 Å². The molecule has 5 heteroatoms. The Labute approximate surface area is 118 Å². The lowest BCUT2D eigenvalue weighted by Crippen LogP contribution is -2.43. The number of carbonyl (C=O) groups excluding carboxylic acids is 1. The minimum Gasteiger partial charge on any atom is -0.396 e. The molecule has 1 aromatic rings. The Hall–Kier alpha value is -1.62. The number of benzene rings is 1. The minimum atomic E-state index is -0.238. The summed E-state index contributed by atoms with van der Waals surface area (Å²) >= 11 is 0. The van der Waals surface area contributed by atoms with Crippen LogP contribution in [0.4, 0.5) is 9.18 Å². The van der Waals surface area contributed by atoms with Crippen molar-refractivity contribution < 1.29 is 14.3 Å². The quantitative estimate of drug-likeness (QED) is 0.724. The van der Waals surface area contributed by atoms with Crippen LogP contribution in [-0.2, 0) is 0 Å². The molecule has 2 amide bonds. The van der Waals surface area contributed by atoms with E-state index in [1.165, 1.54) is 12.1 Å². The van der Waals surface area contributed by atoms with E-state index in [4.69, 9.17) is 5.11 Å². The first-order valence-corrected chi connectivity index (χ1v) is 7.11. The van der Waals surface area contributed by atoms with Gasteiger partial charge in [0, 0.05) is 25.1 Å². The molecule has 0 spiro atoms. The maximum atomic E-state index is 13.0. The molecule has 1 aromatic carbocycles. The fraction of sp³-hybridized carbons (Fsp3) is 0.533. The molecule has 0 saturated heterocycles. The smallest absolute Gasteiger partial charge is 0.315 e. The summed E-state index contributed by atoms with van der Waals surface area (Å²) in [5.41, 5.74) is 1.07. The number of aliphatic hydroxyl groups is 1. The van der Waals surface area contributed by atoms with Crippen LogP contribution in [0.2, 0.25) is 0 Å². The van der Waals surface area contributed by atoms with Crippen molar-refractivity contribution in [1.82, 2.24) is 10.6 Å². The minimum absolute atomic E-state index is 0.0713. The molecular formula is C15H21FN2O2. The van der Waals surface area contributed by atoms with E-state index in [9.17, 15) is 9.18 Å². The largest absolute Gasteiger partial charge is 0.396 e. The lowest BCUT2D eigenvalue weighted by atomic mass is 9.94. The standard InChI is InChI=1S/C15H21FN2O2/c16-12-7-5-11(6-8-12)13-3-1-4-14(13)18-15(20)17-9-2-10-19/h5-8,13-14,19H,1-4,9-10H2,(H2,17,18,20). The summed E-state index contributed by atoms with van der Waals surface area (Å²) in [6.07, 6.45) is 3.56. The van der Waals surface area contributed by atoms with E-state index in [2.05, 4.69) is 10.6 Å². The summed E-state index contributed by atoms with van der Waals surface area (Å²) in [5, 5.41) is 14.4. The molecule has 2 unspecified atom stereocenters. The number of carbonyl (C=O) groups is 1. The summed E-state index contributed by atoms with van der Waals surface area (Å²) in [7, 11) is 0. The fourth-order valence-electron chi connectivity index (χ4n) is 2.74. The van der Waals surface area contributed by atoms with Crippen molar-refractivity contribution in [2.75, 3.05) is 13.2 Å². The summed E-state index contributed by atoms with van der Waals surface area (Å²) in [5.74, 6) is 0.0113. The SMILES string of the molecule is O=C(NCCCO)NC1CCCC1c1ccc(F)cc1. The van der Waals surface area contributed by atoms with Crippen LogP contribution in [0.15, 0.2) is 24.3 Å². The number of amides is 2. The average Bonchev–Trinajstić information content (AvgIpc) is 2.88. The second kappa shape index (κ2) is 7.24. The molecule has 1 aliphatic rings. The molecule has 4 nitrogen and oxygen atoms in total. The van der Waals surface area contributed by atoms with Gasteiger partial charge in [0.25, 0.3) is 0 Å². The first-order chi connectivity index (χ1) is 9.70. The third-order valence-corrected chi connectivity index (χ3v) is 3.75. The Morgan fingerprint density at radius 3 is 2.75 bits per heavy atom. The van der Waals surface area contributed by atoms with E-state index < -0.39 is 0 Å². The van der Waals surface area contributed by atoms with E-state index in [0.717, 1.165) is 24.8 Å². The van der Waals surface area contributed by atoms with E-state index in [-0.39, 0.29) is 30.4 Å².